The summed E-state index contributed by atoms with van der Waals surface area (Å²) in [6.07, 6.45) is 0.872. The van der Waals surface area contributed by atoms with Crippen molar-refractivity contribution in [1.29, 1.82) is 0 Å². The molecule has 1 aliphatic heterocycles. The average Bonchev–Trinajstić information content (AvgIpc) is 2.42. The van der Waals surface area contributed by atoms with Gasteiger partial charge in [-0.2, -0.15) is 0 Å². The van der Waals surface area contributed by atoms with Gasteiger partial charge in [0.25, 0.3) is 5.91 Å². The maximum absolute atomic E-state index is 13.6. The van der Waals surface area contributed by atoms with Gasteiger partial charge in [-0.05, 0) is 18.6 Å². The van der Waals surface area contributed by atoms with Gasteiger partial charge >= 0.3 is 0 Å². The summed E-state index contributed by atoms with van der Waals surface area (Å²) in [5.74, 6) is -2.17. The number of piperidine rings is 1. The van der Waals surface area contributed by atoms with Gasteiger partial charge in [-0.15, -0.1) is 0 Å². The Hall–Kier alpha value is -2.18. The van der Waals surface area contributed by atoms with Crippen molar-refractivity contribution in [3.05, 3.63) is 29.3 Å². The third-order valence-electron chi connectivity index (χ3n) is 3.52. The smallest absolute Gasteiger partial charge is 0.251 e. The number of rotatable bonds is 3. The monoisotopic (exact) mass is 297 g/mol. The Labute approximate surface area is 121 Å². The normalized spacial score (nSPS) is 18.6. The number of halogens is 2. The molecular weight excluding hydrogens is 280 g/mol. The van der Waals surface area contributed by atoms with Gasteiger partial charge in [-0.1, -0.05) is 0 Å². The predicted octanol–water partition coefficient (Wildman–Crippen LogP) is 1.36. The molecule has 1 aliphatic rings. The molecular formula is C14H17F2N3O2. The Kier molecular flexibility index (Phi) is 4.40. The quantitative estimate of drug-likeness (QED) is 0.885. The van der Waals surface area contributed by atoms with Crippen LogP contribution in [0.25, 0.3) is 0 Å². The molecule has 0 radical (unpaired) electrons. The number of hydrogen-bond acceptors (Lipinski definition) is 3. The minimum Gasteiger partial charge on any atom is -0.383 e. The zero-order valence-corrected chi connectivity index (χ0v) is 11.9. The molecule has 1 fully saturated rings. The number of anilines is 1. The molecule has 5 nitrogen and oxygen atoms in total. The van der Waals surface area contributed by atoms with E-state index in [9.17, 15) is 18.4 Å². The number of carbonyl (C=O) groups excluding carboxylic acids is 2. The Morgan fingerprint density at radius 3 is 2.48 bits per heavy atom. The first-order valence-corrected chi connectivity index (χ1v) is 6.64. The van der Waals surface area contributed by atoms with E-state index in [1.807, 2.05) is 0 Å². The number of amides is 2. The first kappa shape index (κ1) is 15.2. The van der Waals surface area contributed by atoms with Crippen LogP contribution in [0.3, 0.4) is 0 Å². The maximum atomic E-state index is 13.6. The largest absolute Gasteiger partial charge is 0.383 e. The standard InChI is InChI=1S/C14H17F2N3O2/c1-17-13-10(15)5-8(6-11(13)16)14(21)18-9-3-4-12(20)19(2)7-9/h5-6,9,17H,3-4,7H2,1-2H3,(H,18,21). The number of nitrogens with one attached hydrogen (secondary N) is 2. The van der Waals surface area contributed by atoms with Gasteiger partial charge in [-0.25, -0.2) is 8.78 Å². The third kappa shape index (κ3) is 3.29. The lowest BCUT2D eigenvalue weighted by molar-refractivity contribution is -0.132. The fourth-order valence-electron chi connectivity index (χ4n) is 2.34. The highest BCUT2D eigenvalue weighted by Crippen LogP contribution is 2.20. The molecule has 0 aliphatic carbocycles. The molecule has 0 bridgehead atoms. The van der Waals surface area contributed by atoms with Crippen LogP contribution < -0.4 is 10.6 Å². The highest BCUT2D eigenvalue weighted by molar-refractivity contribution is 5.95. The molecule has 1 heterocycles. The van der Waals surface area contributed by atoms with E-state index in [0.29, 0.717) is 19.4 Å². The van der Waals surface area contributed by atoms with E-state index >= 15 is 0 Å². The number of hydrogen-bond donors (Lipinski definition) is 2. The summed E-state index contributed by atoms with van der Waals surface area (Å²) in [4.78, 5) is 24.9. The van der Waals surface area contributed by atoms with E-state index < -0.39 is 17.5 Å². The topological polar surface area (TPSA) is 61.4 Å². The molecule has 2 rings (SSSR count). The van der Waals surface area contributed by atoms with E-state index in [1.165, 1.54) is 11.9 Å². The van der Waals surface area contributed by atoms with E-state index in [1.54, 1.807) is 7.05 Å². The van der Waals surface area contributed by atoms with E-state index in [0.717, 1.165) is 12.1 Å². The lowest BCUT2D eigenvalue weighted by Crippen LogP contribution is -2.48. The van der Waals surface area contributed by atoms with Gasteiger partial charge in [-0.3, -0.25) is 9.59 Å². The van der Waals surface area contributed by atoms with Gasteiger partial charge < -0.3 is 15.5 Å². The molecule has 1 saturated heterocycles. The van der Waals surface area contributed by atoms with Gasteiger partial charge in [0.15, 0.2) is 0 Å². The molecule has 7 heteroatoms. The summed E-state index contributed by atoms with van der Waals surface area (Å²) in [6.45, 7) is 0.393. The molecule has 1 atom stereocenters. The number of carbonyl (C=O) groups is 2. The molecule has 0 spiro atoms. The molecule has 2 amide bonds. The molecule has 114 valence electrons. The zero-order chi connectivity index (χ0) is 15.6. The Morgan fingerprint density at radius 2 is 1.95 bits per heavy atom. The average molecular weight is 297 g/mol. The molecule has 21 heavy (non-hydrogen) atoms. The van der Waals surface area contributed by atoms with E-state index in [4.69, 9.17) is 0 Å². The summed E-state index contributed by atoms with van der Waals surface area (Å²) in [6, 6.07) is 1.76. The second-order valence-corrected chi connectivity index (χ2v) is 5.05. The van der Waals surface area contributed by atoms with Crippen molar-refractivity contribution in [3.8, 4) is 0 Å². The first-order chi connectivity index (χ1) is 9.92. The maximum Gasteiger partial charge on any atom is 0.251 e. The number of likely N-dealkylation sites (N-methyl/N-ethyl adjacent to an activating group) is 1. The fourth-order valence-corrected chi connectivity index (χ4v) is 2.34. The second-order valence-electron chi connectivity index (χ2n) is 5.05. The second kappa shape index (κ2) is 6.07. The van der Waals surface area contributed by atoms with Crippen LogP contribution in [0.4, 0.5) is 14.5 Å². The van der Waals surface area contributed by atoms with Crippen LogP contribution in [0.15, 0.2) is 12.1 Å². The molecule has 0 aromatic heterocycles. The third-order valence-corrected chi connectivity index (χ3v) is 3.52. The summed E-state index contributed by atoms with van der Waals surface area (Å²) in [5.41, 5.74) is -0.349. The van der Waals surface area contributed by atoms with Crippen molar-refractivity contribution in [3.63, 3.8) is 0 Å². The van der Waals surface area contributed by atoms with Crippen LogP contribution in [-0.2, 0) is 4.79 Å². The minimum atomic E-state index is -0.821. The van der Waals surface area contributed by atoms with Crippen molar-refractivity contribution in [2.75, 3.05) is 26.0 Å². The van der Waals surface area contributed by atoms with Crippen LogP contribution in [0.2, 0.25) is 0 Å². The first-order valence-electron chi connectivity index (χ1n) is 6.64. The van der Waals surface area contributed by atoms with Crippen LogP contribution in [0, 0.1) is 11.6 Å². The molecule has 1 aromatic rings. The summed E-state index contributed by atoms with van der Waals surface area (Å²) in [5, 5.41) is 5.09. The zero-order valence-electron chi connectivity index (χ0n) is 11.9. The number of likely N-dealkylation sites (tertiary alicyclic amines) is 1. The molecule has 2 N–H and O–H groups in total. The summed E-state index contributed by atoms with van der Waals surface area (Å²) < 4.78 is 27.3. The highest BCUT2D eigenvalue weighted by atomic mass is 19.1. The SMILES string of the molecule is CNc1c(F)cc(C(=O)NC2CCC(=O)N(C)C2)cc1F. The van der Waals surface area contributed by atoms with E-state index in [-0.39, 0.29) is 23.2 Å². The Balaban J connectivity index is 2.09. The van der Waals surface area contributed by atoms with Crippen molar-refractivity contribution in [2.24, 2.45) is 0 Å². The minimum absolute atomic E-state index is 0.0240. The van der Waals surface area contributed by atoms with Crippen molar-refractivity contribution in [1.82, 2.24) is 10.2 Å². The summed E-state index contributed by atoms with van der Waals surface area (Å²) in [7, 11) is 3.05. The number of nitrogens with zero attached hydrogens (tertiary/aromatic N) is 1. The predicted molar refractivity (Wildman–Crippen MR) is 74.0 cm³/mol. The van der Waals surface area contributed by atoms with Crippen molar-refractivity contribution in [2.45, 2.75) is 18.9 Å². The summed E-state index contributed by atoms with van der Waals surface area (Å²) >= 11 is 0. The molecule has 1 aromatic carbocycles. The van der Waals surface area contributed by atoms with Crippen LogP contribution in [0.1, 0.15) is 23.2 Å². The van der Waals surface area contributed by atoms with Gasteiger partial charge in [0.05, 0.1) is 0 Å². The lowest BCUT2D eigenvalue weighted by Gasteiger charge is -2.30. The number of benzene rings is 1. The van der Waals surface area contributed by atoms with Crippen LogP contribution in [0.5, 0.6) is 0 Å². The Bertz CT molecular complexity index is 554. The van der Waals surface area contributed by atoms with Crippen LogP contribution in [-0.4, -0.2) is 43.4 Å². The molecule has 1 unspecified atom stereocenters. The van der Waals surface area contributed by atoms with Crippen molar-refractivity contribution < 1.29 is 18.4 Å². The van der Waals surface area contributed by atoms with Crippen molar-refractivity contribution >= 4 is 17.5 Å². The Morgan fingerprint density at radius 1 is 1.33 bits per heavy atom. The van der Waals surface area contributed by atoms with Gasteiger partial charge in [0.2, 0.25) is 5.91 Å². The lowest BCUT2D eigenvalue weighted by atomic mass is 10.0. The van der Waals surface area contributed by atoms with Gasteiger partial charge in [0, 0.05) is 38.7 Å². The molecule has 0 saturated carbocycles. The van der Waals surface area contributed by atoms with Crippen LogP contribution >= 0.6 is 0 Å². The van der Waals surface area contributed by atoms with E-state index in [2.05, 4.69) is 10.6 Å². The highest BCUT2D eigenvalue weighted by Gasteiger charge is 2.25. The van der Waals surface area contributed by atoms with Gasteiger partial charge in [0.1, 0.15) is 17.3 Å². The fraction of sp³-hybridized carbons (Fsp3) is 0.429.